The second kappa shape index (κ2) is 11.1. The first-order chi connectivity index (χ1) is 16.2. The molecule has 3 rings (SSSR count). The first kappa shape index (κ1) is 25.1. The highest BCUT2D eigenvalue weighted by molar-refractivity contribution is 6.04. The number of benzene rings is 1. The highest BCUT2D eigenvalue weighted by Crippen LogP contribution is 2.26. The normalized spacial score (nSPS) is 21.6. The van der Waals surface area contributed by atoms with Crippen molar-refractivity contribution >= 4 is 23.4 Å². The molecule has 0 radical (unpaired) electrons. The number of nitrogens with one attached hydrogen (secondary N) is 1. The zero-order valence-corrected chi connectivity index (χ0v) is 20.1. The lowest BCUT2D eigenvalue weighted by Crippen LogP contribution is -2.48. The number of anilines is 1. The molecule has 10 nitrogen and oxygen atoms in total. The van der Waals surface area contributed by atoms with E-state index in [4.69, 9.17) is 9.47 Å². The Labute approximate surface area is 199 Å². The lowest BCUT2D eigenvalue weighted by atomic mass is 10.0. The zero-order chi connectivity index (χ0) is 24.8. The van der Waals surface area contributed by atoms with Crippen molar-refractivity contribution < 1.29 is 23.9 Å². The Morgan fingerprint density at radius 2 is 1.97 bits per heavy atom. The van der Waals surface area contributed by atoms with Gasteiger partial charge in [0.15, 0.2) is 0 Å². The number of rotatable bonds is 3. The van der Waals surface area contributed by atoms with Crippen LogP contribution in [-0.2, 0) is 9.53 Å². The van der Waals surface area contributed by atoms with Crippen LogP contribution in [0, 0.1) is 5.92 Å². The minimum atomic E-state index is -0.443. The Morgan fingerprint density at radius 3 is 2.62 bits per heavy atom. The minimum absolute atomic E-state index is 0.0110. The molecule has 10 heteroatoms. The molecule has 1 aliphatic heterocycles. The number of likely N-dealkylation sites (N-methyl/N-ethyl adjacent to an activating group) is 1. The Kier molecular flexibility index (Phi) is 8.17. The molecule has 0 spiro atoms. The van der Waals surface area contributed by atoms with Gasteiger partial charge < -0.3 is 24.6 Å². The van der Waals surface area contributed by atoms with E-state index in [1.54, 1.807) is 42.2 Å². The van der Waals surface area contributed by atoms with Gasteiger partial charge in [-0.05, 0) is 25.1 Å². The van der Waals surface area contributed by atoms with Crippen LogP contribution in [-0.4, -0.2) is 83.5 Å². The van der Waals surface area contributed by atoms with Gasteiger partial charge in [0.1, 0.15) is 18.1 Å². The molecule has 1 N–H and O–H groups in total. The molecule has 1 aromatic heterocycles. The molecule has 3 atom stereocenters. The molecule has 0 bridgehead atoms. The maximum atomic E-state index is 13.4. The number of methoxy groups -OCH3 is 1. The highest BCUT2D eigenvalue weighted by Gasteiger charge is 2.29. The molecule has 2 aromatic rings. The summed E-state index contributed by atoms with van der Waals surface area (Å²) in [5.41, 5.74) is 0.871. The van der Waals surface area contributed by atoms with Crippen LogP contribution in [0.25, 0.3) is 0 Å². The van der Waals surface area contributed by atoms with Crippen molar-refractivity contribution in [3.05, 3.63) is 48.0 Å². The van der Waals surface area contributed by atoms with E-state index < -0.39 is 5.91 Å². The van der Waals surface area contributed by atoms with E-state index in [-0.39, 0.29) is 42.2 Å². The Morgan fingerprint density at radius 1 is 1.21 bits per heavy atom. The topological polar surface area (TPSA) is 114 Å². The summed E-state index contributed by atoms with van der Waals surface area (Å²) in [6.07, 6.45) is 4.00. The van der Waals surface area contributed by atoms with Crippen molar-refractivity contribution in [3.63, 3.8) is 0 Å². The molecule has 0 aliphatic carbocycles. The number of aromatic nitrogens is 2. The minimum Gasteiger partial charge on any atom is -0.491 e. The zero-order valence-electron chi connectivity index (χ0n) is 20.1. The van der Waals surface area contributed by atoms with Crippen molar-refractivity contribution in [2.45, 2.75) is 32.9 Å². The summed E-state index contributed by atoms with van der Waals surface area (Å²) >= 11 is 0. The molecule has 34 heavy (non-hydrogen) atoms. The van der Waals surface area contributed by atoms with Crippen LogP contribution in [0.1, 0.15) is 41.6 Å². The molecule has 2 heterocycles. The quantitative estimate of drug-likeness (QED) is 0.732. The van der Waals surface area contributed by atoms with Gasteiger partial charge in [0.05, 0.1) is 23.9 Å². The van der Waals surface area contributed by atoms with Gasteiger partial charge in [0.25, 0.3) is 11.8 Å². The summed E-state index contributed by atoms with van der Waals surface area (Å²) < 4.78 is 11.7. The second-order valence-corrected chi connectivity index (χ2v) is 8.52. The summed E-state index contributed by atoms with van der Waals surface area (Å²) in [6, 6.07) is 4.65. The molecule has 0 unspecified atom stereocenters. The lowest BCUT2D eigenvalue weighted by molar-refractivity contribution is -0.133. The molecule has 0 fully saturated rings. The van der Waals surface area contributed by atoms with Gasteiger partial charge in [0.2, 0.25) is 5.91 Å². The first-order valence-electron chi connectivity index (χ1n) is 11.1. The van der Waals surface area contributed by atoms with Crippen LogP contribution in [0.15, 0.2) is 36.8 Å². The van der Waals surface area contributed by atoms with Gasteiger partial charge >= 0.3 is 0 Å². The molecular weight excluding hydrogens is 438 g/mol. The molecule has 0 saturated heterocycles. The molecule has 0 saturated carbocycles. The fourth-order valence-corrected chi connectivity index (χ4v) is 3.90. The fourth-order valence-electron chi connectivity index (χ4n) is 3.90. The summed E-state index contributed by atoms with van der Waals surface area (Å²) in [5, 5.41) is 2.74. The van der Waals surface area contributed by atoms with Crippen molar-refractivity contribution in [3.8, 4) is 5.75 Å². The summed E-state index contributed by atoms with van der Waals surface area (Å²) in [4.78, 5) is 49.4. The third-order valence-corrected chi connectivity index (χ3v) is 5.90. The van der Waals surface area contributed by atoms with Gasteiger partial charge in [0, 0.05) is 58.2 Å². The van der Waals surface area contributed by atoms with E-state index in [2.05, 4.69) is 15.3 Å². The predicted octanol–water partition coefficient (Wildman–Crippen LogP) is 2.08. The predicted molar refractivity (Wildman–Crippen MR) is 126 cm³/mol. The average molecular weight is 470 g/mol. The maximum absolute atomic E-state index is 13.4. The van der Waals surface area contributed by atoms with Crippen LogP contribution in [0.3, 0.4) is 0 Å². The number of carbonyl (C=O) groups is 3. The van der Waals surface area contributed by atoms with Gasteiger partial charge in [-0.3, -0.25) is 19.4 Å². The van der Waals surface area contributed by atoms with Crippen LogP contribution >= 0.6 is 0 Å². The van der Waals surface area contributed by atoms with Crippen molar-refractivity contribution in [2.24, 2.45) is 5.92 Å². The first-order valence-corrected chi connectivity index (χ1v) is 11.1. The SMILES string of the molecule is CO[C@@H]1CN(C)C(=O)c2cc(NC(=O)c3cnccn3)ccc2OC[C@@H](C)N(C(C)=O)C[C@@H]1C. The van der Waals surface area contributed by atoms with E-state index in [1.165, 1.54) is 25.5 Å². The van der Waals surface area contributed by atoms with E-state index in [9.17, 15) is 14.4 Å². The van der Waals surface area contributed by atoms with Gasteiger partial charge in [-0.2, -0.15) is 0 Å². The number of amides is 3. The molecule has 1 aliphatic rings. The van der Waals surface area contributed by atoms with E-state index >= 15 is 0 Å². The molecule has 1 aromatic carbocycles. The van der Waals surface area contributed by atoms with Crippen LogP contribution in [0.4, 0.5) is 5.69 Å². The van der Waals surface area contributed by atoms with Crippen molar-refractivity contribution in [1.82, 2.24) is 19.8 Å². The monoisotopic (exact) mass is 469 g/mol. The van der Waals surface area contributed by atoms with Crippen molar-refractivity contribution in [2.75, 3.05) is 39.2 Å². The second-order valence-electron chi connectivity index (χ2n) is 8.52. The average Bonchev–Trinajstić information content (AvgIpc) is 2.83. The summed E-state index contributed by atoms with van der Waals surface area (Å²) in [6.45, 7) is 6.46. The molecule has 3 amide bonds. The third-order valence-electron chi connectivity index (χ3n) is 5.90. The Hall–Kier alpha value is -3.53. The van der Waals surface area contributed by atoms with Gasteiger partial charge in [-0.15, -0.1) is 0 Å². The molecular formula is C24H31N5O5. The number of nitrogens with zero attached hydrogens (tertiary/aromatic N) is 4. The number of fused-ring (bicyclic) bond motifs is 1. The summed E-state index contributed by atoms with van der Waals surface area (Å²) in [7, 11) is 3.29. The van der Waals surface area contributed by atoms with Crippen LogP contribution < -0.4 is 10.1 Å². The highest BCUT2D eigenvalue weighted by atomic mass is 16.5. The fraction of sp³-hybridized carbons (Fsp3) is 0.458. The number of hydrogen-bond acceptors (Lipinski definition) is 7. The largest absolute Gasteiger partial charge is 0.491 e. The van der Waals surface area contributed by atoms with Gasteiger partial charge in [-0.1, -0.05) is 6.92 Å². The van der Waals surface area contributed by atoms with E-state index in [0.717, 1.165) is 0 Å². The Bertz CT molecular complexity index is 1030. The lowest BCUT2D eigenvalue weighted by Gasteiger charge is -2.35. The van der Waals surface area contributed by atoms with Gasteiger partial charge in [-0.25, -0.2) is 4.98 Å². The van der Waals surface area contributed by atoms with Crippen molar-refractivity contribution in [1.29, 1.82) is 0 Å². The Balaban J connectivity index is 1.94. The number of ether oxygens (including phenoxy) is 2. The standard InChI is InChI=1S/C24H31N5O5/c1-15-12-29(17(3)30)16(2)14-34-21-7-6-18(27-23(31)20-11-25-8-9-26-20)10-19(21)24(32)28(4)13-22(15)33-5/h6-11,15-16,22H,12-14H2,1-5H3,(H,27,31)/t15-,16+,22+/m0/s1. The smallest absolute Gasteiger partial charge is 0.275 e. The molecule has 182 valence electrons. The van der Waals surface area contributed by atoms with Crippen LogP contribution in [0.2, 0.25) is 0 Å². The number of carbonyl (C=O) groups excluding carboxylic acids is 3. The maximum Gasteiger partial charge on any atom is 0.275 e. The van der Waals surface area contributed by atoms with E-state index in [0.29, 0.717) is 30.1 Å². The summed E-state index contributed by atoms with van der Waals surface area (Å²) in [5.74, 6) is -0.407. The van der Waals surface area contributed by atoms with Crippen LogP contribution in [0.5, 0.6) is 5.75 Å². The van der Waals surface area contributed by atoms with E-state index in [1.807, 2.05) is 13.8 Å². The number of hydrogen-bond donors (Lipinski definition) is 1. The third kappa shape index (κ3) is 5.88.